The fraction of sp³-hybridized carbons (Fsp3) is 0.261. The number of amides is 2. The lowest BCUT2D eigenvalue weighted by atomic mass is 10.1. The van der Waals surface area contributed by atoms with Crippen molar-refractivity contribution in [1.82, 2.24) is 4.98 Å². The minimum atomic E-state index is -0.558. The molecule has 150 valence electrons. The summed E-state index contributed by atoms with van der Waals surface area (Å²) in [6.45, 7) is 7.42. The van der Waals surface area contributed by atoms with Crippen LogP contribution >= 0.6 is 0 Å². The van der Waals surface area contributed by atoms with Gasteiger partial charge in [-0.3, -0.25) is 15.1 Å². The lowest BCUT2D eigenvalue weighted by Gasteiger charge is -2.19. The molecule has 1 heterocycles. The molecule has 0 atom stereocenters. The van der Waals surface area contributed by atoms with Gasteiger partial charge in [-0.2, -0.15) is 0 Å². The quantitative estimate of drug-likeness (QED) is 0.650. The largest absolute Gasteiger partial charge is 0.444 e. The van der Waals surface area contributed by atoms with Crippen LogP contribution in [-0.4, -0.2) is 22.6 Å². The summed E-state index contributed by atoms with van der Waals surface area (Å²) in [7, 11) is 0. The number of carbonyl (C=O) groups excluding carboxylic acids is 2. The first-order chi connectivity index (χ1) is 13.7. The van der Waals surface area contributed by atoms with E-state index in [0.717, 1.165) is 27.7 Å². The van der Waals surface area contributed by atoms with E-state index in [2.05, 4.69) is 15.6 Å². The average molecular weight is 391 g/mol. The number of hydrogen-bond acceptors (Lipinski definition) is 4. The third-order valence-electron chi connectivity index (χ3n) is 4.21. The Hall–Kier alpha value is -3.41. The van der Waals surface area contributed by atoms with Crippen molar-refractivity contribution in [1.29, 1.82) is 0 Å². The molecule has 0 bridgehead atoms. The van der Waals surface area contributed by atoms with Crippen LogP contribution in [0.3, 0.4) is 0 Å². The molecule has 6 heteroatoms. The van der Waals surface area contributed by atoms with Crippen molar-refractivity contribution < 1.29 is 14.3 Å². The fourth-order valence-corrected chi connectivity index (χ4v) is 2.93. The van der Waals surface area contributed by atoms with Crippen LogP contribution in [0.4, 0.5) is 16.2 Å². The second-order valence-electron chi connectivity index (χ2n) is 7.88. The van der Waals surface area contributed by atoms with E-state index in [4.69, 9.17) is 4.74 Å². The molecule has 0 aliphatic carbocycles. The summed E-state index contributed by atoms with van der Waals surface area (Å²) in [5, 5.41) is 6.55. The number of pyridine rings is 1. The number of anilines is 2. The second-order valence-corrected chi connectivity index (χ2v) is 7.88. The minimum absolute atomic E-state index is 0.119. The van der Waals surface area contributed by atoms with Gasteiger partial charge in [0.1, 0.15) is 5.60 Å². The molecule has 3 rings (SSSR count). The molecule has 0 spiro atoms. The summed E-state index contributed by atoms with van der Waals surface area (Å²) < 4.78 is 5.23. The molecular weight excluding hydrogens is 366 g/mol. The van der Waals surface area contributed by atoms with Gasteiger partial charge in [0.2, 0.25) is 5.91 Å². The van der Waals surface area contributed by atoms with E-state index in [1.807, 2.05) is 52.0 Å². The van der Waals surface area contributed by atoms with Gasteiger partial charge in [0.05, 0.1) is 17.6 Å². The molecule has 0 unspecified atom stereocenters. The first-order valence-electron chi connectivity index (χ1n) is 9.44. The van der Waals surface area contributed by atoms with Crippen molar-refractivity contribution >= 4 is 34.3 Å². The number of benzene rings is 2. The first kappa shape index (κ1) is 20.3. The Morgan fingerprint density at radius 2 is 1.72 bits per heavy atom. The van der Waals surface area contributed by atoms with E-state index in [1.54, 1.807) is 30.5 Å². The monoisotopic (exact) mass is 391 g/mol. The Balaban J connectivity index is 1.63. The summed E-state index contributed by atoms with van der Waals surface area (Å²) in [6.07, 6.45) is 1.46. The Labute approximate surface area is 170 Å². The molecule has 0 radical (unpaired) electrons. The highest BCUT2D eigenvalue weighted by Gasteiger charge is 2.16. The maximum Gasteiger partial charge on any atom is 0.412 e. The number of rotatable bonds is 4. The van der Waals surface area contributed by atoms with Gasteiger partial charge in [-0.25, -0.2) is 4.79 Å². The van der Waals surface area contributed by atoms with Gasteiger partial charge in [0.15, 0.2) is 0 Å². The van der Waals surface area contributed by atoms with Gasteiger partial charge in [-0.1, -0.05) is 18.2 Å². The summed E-state index contributed by atoms with van der Waals surface area (Å²) in [5.74, 6) is -0.119. The predicted molar refractivity (Wildman–Crippen MR) is 115 cm³/mol. The van der Waals surface area contributed by atoms with Gasteiger partial charge in [0.25, 0.3) is 0 Å². The molecule has 0 fully saturated rings. The number of hydrogen-bond donors (Lipinski definition) is 2. The highest BCUT2D eigenvalue weighted by molar-refractivity contribution is 6.02. The van der Waals surface area contributed by atoms with Gasteiger partial charge in [-0.15, -0.1) is 0 Å². The lowest BCUT2D eigenvalue weighted by molar-refractivity contribution is -0.115. The second kappa shape index (κ2) is 8.31. The van der Waals surface area contributed by atoms with Crippen LogP contribution < -0.4 is 10.6 Å². The molecule has 0 aliphatic heterocycles. The van der Waals surface area contributed by atoms with E-state index in [-0.39, 0.29) is 12.3 Å². The Morgan fingerprint density at radius 3 is 2.41 bits per heavy atom. The van der Waals surface area contributed by atoms with Gasteiger partial charge >= 0.3 is 6.09 Å². The van der Waals surface area contributed by atoms with Crippen LogP contribution in [0.1, 0.15) is 31.9 Å². The van der Waals surface area contributed by atoms with Gasteiger partial charge < -0.3 is 10.1 Å². The normalized spacial score (nSPS) is 11.2. The molecule has 6 nitrogen and oxygen atoms in total. The van der Waals surface area contributed by atoms with Crippen LogP contribution in [0.5, 0.6) is 0 Å². The molecule has 2 amide bonds. The number of fused-ring (bicyclic) bond motifs is 1. The molecule has 0 aliphatic rings. The molecule has 3 aromatic rings. The summed E-state index contributed by atoms with van der Waals surface area (Å²) in [4.78, 5) is 28.7. The standard InChI is InChI=1S/C23H25N3O3/c1-15-7-12-19(18-6-5-13-24-21(15)18)26-20(27)14-16-8-10-17(11-9-16)25-22(28)29-23(2,3)4/h5-13H,14H2,1-4H3,(H,25,28)(H,26,27). The Bertz CT molecular complexity index is 1040. The van der Waals surface area contributed by atoms with Crippen molar-refractivity contribution in [3.63, 3.8) is 0 Å². The molecule has 29 heavy (non-hydrogen) atoms. The van der Waals surface area contributed by atoms with Gasteiger partial charge in [-0.05, 0) is 69.2 Å². The number of aryl methyl sites for hydroxylation is 1. The number of nitrogens with zero attached hydrogens (tertiary/aromatic N) is 1. The van der Waals surface area contributed by atoms with E-state index in [9.17, 15) is 9.59 Å². The molecule has 0 saturated carbocycles. The third kappa shape index (κ3) is 5.54. The Kier molecular flexibility index (Phi) is 5.82. The lowest BCUT2D eigenvalue weighted by Crippen LogP contribution is -2.27. The van der Waals surface area contributed by atoms with Crippen molar-refractivity contribution in [3.05, 3.63) is 65.9 Å². The molecule has 0 saturated heterocycles. The van der Waals surface area contributed by atoms with E-state index >= 15 is 0 Å². The van der Waals surface area contributed by atoms with E-state index < -0.39 is 11.7 Å². The smallest absolute Gasteiger partial charge is 0.412 e. The van der Waals surface area contributed by atoms with Crippen molar-refractivity contribution in [3.8, 4) is 0 Å². The van der Waals surface area contributed by atoms with Crippen LogP contribution in [0, 0.1) is 6.92 Å². The van der Waals surface area contributed by atoms with Crippen LogP contribution in [0.25, 0.3) is 10.9 Å². The zero-order chi connectivity index (χ0) is 21.0. The summed E-state index contributed by atoms with van der Waals surface area (Å²) in [6, 6.07) is 14.8. The summed E-state index contributed by atoms with van der Waals surface area (Å²) >= 11 is 0. The average Bonchev–Trinajstić information content (AvgIpc) is 2.64. The predicted octanol–water partition coefficient (Wildman–Crippen LogP) is 5.07. The number of aromatic nitrogens is 1. The maximum absolute atomic E-state index is 12.5. The molecular formula is C23H25N3O3. The van der Waals surface area contributed by atoms with E-state index in [0.29, 0.717) is 5.69 Å². The molecule has 2 N–H and O–H groups in total. The SMILES string of the molecule is Cc1ccc(NC(=O)Cc2ccc(NC(=O)OC(C)(C)C)cc2)c2cccnc12. The van der Waals surface area contributed by atoms with Crippen molar-refractivity contribution in [2.45, 2.75) is 39.7 Å². The molecule has 1 aromatic heterocycles. The van der Waals surface area contributed by atoms with Crippen molar-refractivity contribution in [2.24, 2.45) is 0 Å². The first-order valence-corrected chi connectivity index (χ1v) is 9.44. The highest BCUT2D eigenvalue weighted by Crippen LogP contribution is 2.24. The third-order valence-corrected chi connectivity index (χ3v) is 4.21. The van der Waals surface area contributed by atoms with E-state index in [1.165, 1.54) is 0 Å². The van der Waals surface area contributed by atoms with Crippen LogP contribution in [0.15, 0.2) is 54.7 Å². The number of carbonyl (C=O) groups is 2. The summed E-state index contributed by atoms with van der Waals surface area (Å²) in [5.41, 5.74) is 3.57. The van der Waals surface area contributed by atoms with Crippen LogP contribution in [0.2, 0.25) is 0 Å². The minimum Gasteiger partial charge on any atom is -0.444 e. The number of nitrogens with one attached hydrogen (secondary N) is 2. The topological polar surface area (TPSA) is 80.3 Å². The maximum atomic E-state index is 12.5. The zero-order valence-corrected chi connectivity index (χ0v) is 17.1. The van der Waals surface area contributed by atoms with Gasteiger partial charge in [0, 0.05) is 17.3 Å². The highest BCUT2D eigenvalue weighted by atomic mass is 16.6. The number of ether oxygens (including phenoxy) is 1. The van der Waals surface area contributed by atoms with Crippen molar-refractivity contribution in [2.75, 3.05) is 10.6 Å². The van der Waals surface area contributed by atoms with Crippen LogP contribution in [-0.2, 0) is 16.0 Å². The fourth-order valence-electron chi connectivity index (χ4n) is 2.93. The zero-order valence-electron chi connectivity index (χ0n) is 17.1. The Morgan fingerprint density at radius 1 is 1.00 bits per heavy atom. The molecule has 2 aromatic carbocycles.